The first-order valence-electron chi connectivity index (χ1n) is 11.9. The number of carbonyl (C=O) groups is 2. The van der Waals surface area contributed by atoms with Crippen LogP contribution in [0.3, 0.4) is 0 Å². The van der Waals surface area contributed by atoms with Gasteiger partial charge in [0.15, 0.2) is 5.82 Å². The van der Waals surface area contributed by atoms with Gasteiger partial charge in [-0.05, 0) is 55.0 Å². The van der Waals surface area contributed by atoms with Gasteiger partial charge in [-0.25, -0.2) is 9.97 Å². The molecule has 37 heavy (non-hydrogen) atoms. The van der Waals surface area contributed by atoms with E-state index in [2.05, 4.69) is 32.4 Å². The zero-order valence-electron chi connectivity index (χ0n) is 20.4. The van der Waals surface area contributed by atoms with Crippen LogP contribution in [-0.4, -0.2) is 28.4 Å². The summed E-state index contributed by atoms with van der Waals surface area (Å²) in [4.78, 5) is 33.6. The lowest BCUT2D eigenvalue weighted by atomic mass is 10.1. The summed E-state index contributed by atoms with van der Waals surface area (Å²) in [5, 5.41) is 5.71. The van der Waals surface area contributed by atoms with E-state index in [0.717, 1.165) is 23.1 Å². The summed E-state index contributed by atoms with van der Waals surface area (Å²) in [6, 6.07) is 23.5. The number of benzene rings is 3. The molecule has 7 heteroatoms. The quantitative estimate of drug-likeness (QED) is 0.344. The van der Waals surface area contributed by atoms with Crippen LogP contribution >= 0.6 is 0 Å². The number of aromatic nitrogens is 2. The summed E-state index contributed by atoms with van der Waals surface area (Å²) < 4.78 is 5.85. The standard InChI is InChI=1S/C30H26N4O3/c1-2-19-37-27-15-14-26(34-28(35)16-9-22-7-4-3-5-8-22)20-25(27)21-33-30(36)24-12-10-23(11-13-24)29-31-17-6-18-32-29/h3-8,10-15,17-18,20H,2,19,21H2,1H3,(H,33,36)(H,34,35). The molecule has 7 nitrogen and oxygen atoms in total. The fraction of sp³-hybridized carbons (Fsp3) is 0.133. The van der Waals surface area contributed by atoms with E-state index in [0.29, 0.717) is 29.4 Å². The van der Waals surface area contributed by atoms with E-state index in [-0.39, 0.29) is 12.5 Å². The molecule has 1 aromatic heterocycles. The number of anilines is 1. The predicted molar refractivity (Wildman–Crippen MR) is 143 cm³/mol. The number of ether oxygens (including phenoxy) is 1. The molecule has 0 radical (unpaired) electrons. The Morgan fingerprint density at radius 3 is 2.41 bits per heavy atom. The maximum atomic E-state index is 12.8. The molecule has 0 spiro atoms. The normalized spacial score (nSPS) is 10.1. The first kappa shape index (κ1) is 25.1. The van der Waals surface area contributed by atoms with Crippen molar-refractivity contribution < 1.29 is 14.3 Å². The lowest BCUT2D eigenvalue weighted by Crippen LogP contribution is -2.23. The van der Waals surface area contributed by atoms with Gasteiger partial charge in [0.1, 0.15) is 5.75 Å². The van der Waals surface area contributed by atoms with Crippen molar-refractivity contribution in [3.05, 3.63) is 108 Å². The first-order chi connectivity index (χ1) is 18.1. The lowest BCUT2D eigenvalue weighted by Gasteiger charge is -2.14. The molecule has 1 heterocycles. The van der Waals surface area contributed by atoms with E-state index in [1.54, 1.807) is 48.8 Å². The monoisotopic (exact) mass is 490 g/mol. The van der Waals surface area contributed by atoms with Gasteiger partial charge in [-0.1, -0.05) is 43.2 Å². The molecule has 0 unspecified atom stereocenters. The number of amides is 2. The molecule has 0 saturated heterocycles. The Hall–Kier alpha value is -4.96. The third-order valence-electron chi connectivity index (χ3n) is 5.28. The molecule has 184 valence electrons. The van der Waals surface area contributed by atoms with Gasteiger partial charge in [0, 0.05) is 52.8 Å². The Morgan fingerprint density at radius 1 is 0.919 bits per heavy atom. The molecular formula is C30H26N4O3. The van der Waals surface area contributed by atoms with Crippen LogP contribution in [0.5, 0.6) is 5.75 Å². The first-order valence-corrected chi connectivity index (χ1v) is 11.9. The Balaban J connectivity index is 1.43. The van der Waals surface area contributed by atoms with Crippen molar-refractivity contribution in [3.8, 4) is 29.0 Å². The van der Waals surface area contributed by atoms with Gasteiger partial charge >= 0.3 is 5.91 Å². The second-order valence-electron chi connectivity index (χ2n) is 8.07. The molecule has 0 aliphatic heterocycles. The van der Waals surface area contributed by atoms with E-state index in [1.807, 2.05) is 49.4 Å². The minimum absolute atomic E-state index is 0.223. The van der Waals surface area contributed by atoms with Gasteiger partial charge < -0.3 is 15.4 Å². The Morgan fingerprint density at radius 2 is 1.68 bits per heavy atom. The fourth-order valence-corrected chi connectivity index (χ4v) is 3.46. The van der Waals surface area contributed by atoms with Crippen LogP contribution in [0.25, 0.3) is 11.4 Å². The molecule has 4 rings (SSSR count). The van der Waals surface area contributed by atoms with Crippen LogP contribution in [0.2, 0.25) is 0 Å². The Bertz CT molecular complexity index is 1410. The zero-order valence-corrected chi connectivity index (χ0v) is 20.4. The highest BCUT2D eigenvalue weighted by atomic mass is 16.5. The van der Waals surface area contributed by atoms with Gasteiger partial charge in [-0.15, -0.1) is 0 Å². The van der Waals surface area contributed by atoms with Crippen molar-refractivity contribution >= 4 is 17.5 Å². The van der Waals surface area contributed by atoms with E-state index in [1.165, 1.54) is 0 Å². The Kier molecular flexibility index (Phi) is 8.60. The highest BCUT2D eigenvalue weighted by Crippen LogP contribution is 2.24. The summed E-state index contributed by atoms with van der Waals surface area (Å²) in [6.07, 6.45) is 4.19. The number of nitrogens with one attached hydrogen (secondary N) is 2. The average Bonchev–Trinajstić information content (AvgIpc) is 2.95. The molecule has 3 aromatic carbocycles. The Labute approximate surface area is 215 Å². The summed E-state index contributed by atoms with van der Waals surface area (Å²) in [7, 11) is 0. The van der Waals surface area contributed by atoms with E-state index in [4.69, 9.17) is 4.74 Å². The molecule has 4 aromatic rings. The van der Waals surface area contributed by atoms with Gasteiger partial charge in [0.25, 0.3) is 5.91 Å². The maximum absolute atomic E-state index is 12.8. The lowest BCUT2D eigenvalue weighted by molar-refractivity contribution is -0.111. The van der Waals surface area contributed by atoms with Crippen molar-refractivity contribution in [3.63, 3.8) is 0 Å². The van der Waals surface area contributed by atoms with Crippen molar-refractivity contribution in [1.29, 1.82) is 0 Å². The van der Waals surface area contributed by atoms with Gasteiger partial charge in [0.05, 0.1) is 6.61 Å². The third kappa shape index (κ3) is 7.26. The van der Waals surface area contributed by atoms with Crippen LogP contribution in [0.15, 0.2) is 91.3 Å². The maximum Gasteiger partial charge on any atom is 0.300 e. The topological polar surface area (TPSA) is 93.2 Å². The van der Waals surface area contributed by atoms with Gasteiger partial charge in [-0.3, -0.25) is 9.59 Å². The van der Waals surface area contributed by atoms with Crippen LogP contribution in [0.1, 0.15) is 34.8 Å². The highest BCUT2D eigenvalue weighted by molar-refractivity contribution is 6.04. The van der Waals surface area contributed by atoms with Crippen molar-refractivity contribution in [2.45, 2.75) is 19.9 Å². The summed E-state index contributed by atoms with van der Waals surface area (Å²) in [5.74, 6) is 6.02. The summed E-state index contributed by atoms with van der Waals surface area (Å²) in [6.45, 7) is 2.78. The number of rotatable bonds is 8. The molecule has 0 atom stereocenters. The smallest absolute Gasteiger partial charge is 0.300 e. The number of nitrogens with zero attached hydrogens (tertiary/aromatic N) is 2. The third-order valence-corrected chi connectivity index (χ3v) is 5.28. The van der Waals surface area contributed by atoms with Gasteiger partial charge in [0.2, 0.25) is 0 Å². The summed E-state index contributed by atoms with van der Waals surface area (Å²) >= 11 is 0. The molecule has 0 bridgehead atoms. The van der Waals surface area contributed by atoms with Gasteiger partial charge in [-0.2, -0.15) is 0 Å². The fourth-order valence-electron chi connectivity index (χ4n) is 3.46. The largest absolute Gasteiger partial charge is 0.493 e. The highest BCUT2D eigenvalue weighted by Gasteiger charge is 2.11. The number of hydrogen-bond acceptors (Lipinski definition) is 5. The SMILES string of the molecule is CCCOc1ccc(NC(=O)C#Cc2ccccc2)cc1CNC(=O)c1ccc(-c2ncccn2)cc1. The molecule has 2 amide bonds. The predicted octanol–water partition coefficient (Wildman–Crippen LogP) is 4.85. The molecule has 0 aliphatic carbocycles. The number of hydrogen-bond donors (Lipinski definition) is 2. The van der Waals surface area contributed by atoms with Crippen molar-refractivity contribution in [1.82, 2.24) is 15.3 Å². The minimum Gasteiger partial charge on any atom is -0.493 e. The van der Waals surface area contributed by atoms with Crippen molar-refractivity contribution in [2.75, 3.05) is 11.9 Å². The van der Waals surface area contributed by atoms with E-state index < -0.39 is 5.91 Å². The van der Waals surface area contributed by atoms with E-state index >= 15 is 0 Å². The number of carbonyl (C=O) groups excluding carboxylic acids is 2. The molecular weight excluding hydrogens is 464 g/mol. The minimum atomic E-state index is -0.427. The molecule has 2 N–H and O–H groups in total. The van der Waals surface area contributed by atoms with Crippen LogP contribution < -0.4 is 15.4 Å². The summed E-state index contributed by atoms with van der Waals surface area (Å²) in [5.41, 5.74) is 3.40. The second-order valence-corrected chi connectivity index (χ2v) is 8.07. The van der Waals surface area contributed by atoms with Crippen LogP contribution in [0, 0.1) is 11.8 Å². The second kappa shape index (κ2) is 12.7. The van der Waals surface area contributed by atoms with Crippen LogP contribution in [-0.2, 0) is 11.3 Å². The van der Waals surface area contributed by atoms with Crippen molar-refractivity contribution in [2.24, 2.45) is 0 Å². The van der Waals surface area contributed by atoms with Crippen LogP contribution in [0.4, 0.5) is 5.69 Å². The average molecular weight is 491 g/mol. The zero-order chi connectivity index (χ0) is 25.9. The van der Waals surface area contributed by atoms with E-state index in [9.17, 15) is 9.59 Å². The molecule has 0 saturated carbocycles. The molecule has 0 fully saturated rings. The molecule has 0 aliphatic rings.